The third-order valence-electron chi connectivity index (χ3n) is 1.94. The van der Waals surface area contributed by atoms with E-state index in [-0.39, 0.29) is 24.4 Å². The van der Waals surface area contributed by atoms with Gasteiger partial charge in [0.05, 0.1) is 6.54 Å². The SMILES string of the molecule is CC(N)CC(=O)N(C)Cc1cc(Br)cs1.Cl. The monoisotopic (exact) mass is 326 g/mol. The largest absolute Gasteiger partial charge is 0.341 e. The van der Waals surface area contributed by atoms with E-state index in [0.717, 1.165) is 4.47 Å². The van der Waals surface area contributed by atoms with Gasteiger partial charge in [0.25, 0.3) is 0 Å². The predicted molar refractivity (Wildman–Crippen MR) is 74.0 cm³/mol. The smallest absolute Gasteiger partial charge is 0.224 e. The van der Waals surface area contributed by atoms with Crippen molar-refractivity contribution in [3.8, 4) is 0 Å². The number of hydrogen-bond donors (Lipinski definition) is 1. The van der Waals surface area contributed by atoms with Crippen LogP contribution >= 0.6 is 39.7 Å². The van der Waals surface area contributed by atoms with Gasteiger partial charge in [0.15, 0.2) is 0 Å². The molecule has 92 valence electrons. The van der Waals surface area contributed by atoms with Crippen molar-refractivity contribution in [2.75, 3.05) is 7.05 Å². The zero-order valence-electron chi connectivity index (χ0n) is 9.27. The number of thiophene rings is 1. The van der Waals surface area contributed by atoms with E-state index >= 15 is 0 Å². The van der Waals surface area contributed by atoms with E-state index in [1.54, 1.807) is 23.3 Å². The zero-order chi connectivity index (χ0) is 11.4. The molecule has 1 rings (SSSR count). The number of hydrogen-bond acceptors (Lipinski definition) is 3. The fourth-order valence-electron chi connectivity index (χ4n) is 1.19. The average Bonchev–Trinajstić information content (AvgIpc) is 2.50. The number of rotatable bonds is 4. The highest BCUT2D eigenvalue weighted by molar-refractivity contribution is 9.10. The summed E-state index contributed by atoms with van der Waals surface area (Å²) in [4.78, 5) is 14.5. The van der Waals surface area contributed by atoms with Crippen molar-refractivity contribution in [1.82, 2.24) is 4.90 Å². The van der Waals surface area contributed by atoms with Crippen LogP contribution in [0.1, 0.15) is 18.2 Å². The lowest BCUT2D eigenvalue weighted by molar-refractivity contribution is -0.130. The zero-order valence-corrected chi connectivity index (χ0v) is 12.5. The van der Waals surface area contributed by atoms with Crippen molar-refractivity contribution in [3.05, 3.63) is 20.8 Å². The number of carbonyl (C=O) groups excluding carboxylic acids is 1. The van der Waals surface area contributed by atoms with Crippen molar-refractivity contribution in [1.29, 1.82) is 0 Å². The standard InChI is InChI=1S/C10H15BrN2OS.ClH/c1-7(12)3-10(14)13(2)5-9-4-8(11)6-15-9;/h4,6-7H,3,5,12H2,1-2H3;1H. The van der Waals surface area contributed by atoms with Crippen LogP contribution in [0, 0.1) is 0 Å². The van der Waals surface area contributed by atoms with E-state index < -0.39 is 0 Å². The van der Waals surface area contributed by atoms with Gasteiger partial charge in [0, 0.05) is 34.2 Å². The number of amides is 1. The average molecular weight is 328 g/mol. The summed E-state index contributed by atoms with van der Waals surface area (Å²) >= 11 is 5.03. The number of nitrogens with two attached hydrogens (primary N) is 1. The fraction of sp³-hybridized carbons (Fsp3) is 0.500. The molecular weight excluding hydrogens is 312 g/mol. The lowest BCUT2D eigenvalue weighted by Gasteiger charge is -2.17. The number of nitrogens with zero attached hydrogens (tertiary/aromatic N) is 1. The van der Waals surface area contributed by atoms with Crippen LogP contribution in [0.2, 0.25) is 0 Å². The maximum Gasteiger partial charge on any atom is 0.224 e. The molecule has 0 bridgehead atoms. The van der Waals surface area contributed by atoms with E-state index in [1.165, 1.54) is 4.88 Å². The Bertz CT molecular complexity index is 343. The number of halogens is 2. The summed E-state index contributed by atoms with van der Waals surface area (Å²) in [6, 6.07) is 1.95. The van der Waals surface area contributed by atoms with Gasteiger partial charge in [0.1, 0.15) is 0 Å². The fourth-order valence-corrected chi connectivity index (χ4v) is 2.69. The van der Waals surface area contributed by atoms with Crippen LogP contribution in [-0.4, -0.2) is 23.9 Å². The second kappa shape index (κ2) is 7.27. The molecule has 0 saturated carbocycles. The molecular formula is C10H16BrClN2OS. The summed E-state index contributed by atoms with van der Waals surface area (Å²) in [6.07, 6.45) is 0.406. The van der Waals surface area contributed by atoms with E-state index in [9.17, 15) is 4.79 Å². The highest BCUT2D eigenvalue weighted by Gasteiger charge is 2.11. The Labute approximate surface area is 115 Å². The molecule has 0 saturated heterocycles. The van der Waals surface area contributed by atoms with Gasteiger partial charge in [-0.05, 0) is 28.9 Å². The van der Waals surface area contributed by atoms with Crippen LogP contribution in [-0.2, 0) is 11.3 Å². The van der Waals surface area contributed by atoms with Crippen LogP contribution in [0.25, 0.3) is 0 Å². The van der Waals surface area contributed by atoms with Gasteiger partial charge >= 0.3 is 0 Å². The first-order chi connectivity index (χ1) is 6.99. The molecule has 16 heavy (non-hydrogen) atoms. The molecule has 0 radical (unpaired) electrons. The summed E-state index contributed by atoms with van der Waals surface area (Å²) in [5.41, 5.74) is 5.58. The maximum atomic E-state index is 11.6. The van der Waals surface area contributed by atoms with Gasteiger partial charge in [-0.2, -0.15) is 0 Å². The molecule has 1 atom stereocenters. The molecule has 1 heterocycles. The molecule has 1 aromatic heterocycles. The van der Waals surface area contributed by atoms with Gasteiger partial charge < -0.3 is 10.6 Å². The quantitative estimate of drug-likeness (QED) is 0.924. The lowest BCUT2D eigenvalue weighted by Crippen LogP contribution is -2.31. The molecule has 0 aliphatic rings. The highest BCUT2D eigenvalue weighted by Crippen LogP contribution is 2.20. The minimum Gasteiger partial charge on any atom is -0.341 e. The maximum absolute atomic E-state index is 11.6. The van der Waals surface area contributed by atoms with Crippen molar-refractivity contribution < 1.29 is 4.79 Å². The second-order valence-corrected chi connectivity index (χ2v) is 5.57. The van der Waals surface area contributed by atoms with E-state index in [4.69, 9.17) is 5.73 Å². The predicted octanol–water partition coefficient (Wildman–Crippen LogP) is 2.63. The molecule has 1 amide bonds. The second-order valence-electron chi connectivity index (χ2n) is 3.66. The van der Waals surface area contributed by atoms with Gasteiger partial charge in [-0.25, -0.2) is 0 Å². The van der Waals surface area contributed by atoms with Crippen LogP contribution < -0.4 is 5.73 Å². The minimum absolute atomic E-state index is 0. The number of carbonyl (C=O) groups is 1. The Kier molecular flexibility index (Phi) is 7.22. The summed E-state index contributed by atoms with van der Waals surface area (Å²) in [6.45, 7) is 2.50. The van der Waals surface area contributed by atoms with E-state index in [1.807, 2.05) is 18.4 Å². The minimum atomic E-state index is -0.0741. The molecule has 3 nitrogen and oxygen atoms in total. The molecule has 0 aromatic carbocycles. The van der Waals surface area contributed by atoms with Crippen molar-refractivity contribution >= 4 is 45.6 Å². The summed E-state index contributed by atoms with van der Waals surface area (Å²) in [5.74, 6) is 0.0922. The Morgan fingerprint density at radius 1 is 1.69 bits per heavy atom. The van der Waals surface area contributed by atoms with Crippen LogP contribution in [0.4, 0.5) is 0 Å². The van der Waals surface area contributed by atoms with E-state index in [2.05, 4.69) is 15.9 Å². The summed E-state index contributed by atoms with van der Waals surface area (Å²) in [5, 5.41) is 2.01. The molecule has 2 N–H and O–H groups in total. The Hall–Kier alpha value is -0.100. The topological polar surface area (TPSA) is 46.3 Å². The first kappa shape index (κ1) is 15.9. The van der Waals surface area contributed by atoms with Gasteiger partial charge in [-0.3, -0.25) is 4.79 Å². The molecule has 1 unspecified atom stereocenters. The van der Waals surface area contributed by atoms with Gasteiger partial charge in [-0.15, -0.1) is 23.7 Å². The molecule has 0 aliphatic carbocycles. The summed E-state index contributed by atoms with van der Waals surface area (Å²) < 4.78 is 1.07. The van der Waals surface area contributed by atoms with Crippen molar-refractivity contribution in [3.63, 3.8) is 0 Å². The van der Waals surface area contributed by atoms with Crippen LogP contribution in [0.3, 0.4) is 0 Å². The molecule has 1 aromatic rings. The van der Waals surface area contributed by atoms with Crippen molar-refractivity contribution in [2.24, 2.45) is 5.73 Å². The lowest BCUT2D eigenvalue weighted by atomic mass is 10.2. The Morgan fingerprint density at radius 3 is 2.75 bits per heavy atom. The summed E-state index contributed by atoms with van der Waals surface area (Å²) in [7, 11) is 1.80. The Balaban J connectivity index is 0.00000225. The third-order valence-corrected chi connectivity index (χ3v) is 3.62. The highest BCUT2D eigenvalue weighted by atomic mass is 79.9. The van der Waals surface area contributed by atoms with Crippen molar-refractivity contribution in [2.45, 2.75) is 25.9 Å². The van der Waals surface area contributed by atoms with Crippen LogP contribution in [0.5, 0.6) is 0 Å². The third kappa shape index (κ3) is 5.30. The van der Waals surface area contributed by atoms with Gasteiger partial charge in [-0.1, -0.05) is 0 Å². The molecule has 0 fully saturated rings. The van der Waals surface area contributed by atoms with Crippen LogP contribution in [0.15, 0.2) is 15.9 Å². The molecule has 0 spiro atoms. The molecule has 6 heteroatoms. The normalized spacial score (nSPS) is 11.8. The van der Waals surface area contributed by atoms with Gasteiger partial charge in [0.2, 0.25) is 5.91 Å². The first-order valence-electron chi connectivity index (χ1n) is 4.71. The Morgan fingerprint density at radius 2 is 2.31 bits per heavy atom. The van der Waals surface area contributed by atoms with E-state index in [0.29, 0.717) is 13.0 Å². The molecule has 0 aliphatic heterocycles. The first-order valence-corrected chi connectivity index (χ1v) is 6.38.